The average molecular weight is 274 g/mol. The van der Waals surface area contributed by atoms with Crippen LogP contribution in [0.15, 0.2) is 23.1 Å². The summed E-state index contributed by atoms with van der Waals surface area (Å²) >= 11 is 9.05. The minimum atomic E-state index is 0.378. The van der Waals surface area contributed by atoms with Gasteiger partial charge < -0.3 is 0 Å². The Kier molecular flexibility index (Phi) is 2.52. The van der Waals surface area contributed by atoms with Gasteiger partial charge in [0.15, 0.2) is 0 Å². The highest BCUT2D eigenvalue weighted by atomic mass is 79.9. The number of halogens is 2. The lowest BCUT2D eigenvalue weighted by atomic mass is 10.4. The Morgan fingerprint density at radius 1 is 1.43 bits per heavy atom. The first kappa shape index (κ1) is 9.61. The predicted molar refractivity (Wildman–Crippen MR) is 56.6 cm³/mol. The first-order chi connectivity index (χ1) is 6.66. The van der Waals surface area contributed by atoms with Crippen LogP contribution in [0.25, 0.3) is 5.95 Å². The molecule has 0 saturated carbocycles. The van der Waals surface area contributed by atoms with E-state index in [1.165, 1.54) is 0 Å². The van der Waals surface area contributed by atoms with Crippen molar-refractivity contribution in [1.82, 2.24) is 19.7 Å². The number of hydrogen-bond acceptors (Lipinski definition) is 3. The SMILES string of the molecule is Cc1cnn(-c2ncc(Br)c(Cl)n2)c1. The average Bonchev–Trinajstić information content (AvgIpc) is 2.57. The maximum Gasteiger partial charge on any atom is 0.251 e. The first-order valence-electron chi connectivity index (χ1n) is 3.86. The van der Waals surface area contributed by atoms with Gasteiger partial charge in [-0.15, -0.1) is 0 Å². The van der Waals surface area contributed by atoms with Gasteiger partial charge in [0.05, 0.1) is 10.7 Å². The highest BCUT2D eigenvalue weighted by molar-refractivity contribution is 9.10. The van der Waals surface area contributed by atoms with Crippen LogP contribution in [0.5, 0.6) is 0 Å². The summed E-state index contributed by atoms with van der Waals surface area (Å²) in [5.74, 6) is 0.464. The fraction of sp³-hybridized carbons (Fsp3) is 0.125. The van der Waals surface area contributed by atoms with Gasteiger partial charge in [0, 0.05) is 12.4 Å². The van der Waals surface area contributed by atoms with Crippen molar-refractivity contribution in [3.8, 4) is 5.95 Å². The summed E-state index contributed by atoms with van der Waals surface area (Å²) in [6.45, 7) is 1.95. The van der Waals surface area contributed by atoms with E-state index in [0.717, 1.165) is 5.56 Å². The highest BCUT2D eigenvalue weighted by Crippen LogP contribution is 2.19. The van der Waals surface area contributed by atoms with Gasteiger partial charge in [-0.05, 0) is 28.4 Å². The fourth-order valence-corrected chi connectivity index (χ4v) is 1.29. The van der Waals surface area contributed by atoms with Crippen LogP contribution < -0.4 is 0 Å². The van der Waals surface area contributed by atoms with Crippen LogP contribution >= 0.6 is 27.5 Å². The third kappa shape index (κ3) is 1.78. The van der Waals surface area contributed by atoms with E-state index in [9.17, 15) is 0 Å². The molecule has 2 aromatic heterocycles. The topological polar surface area (TPSA) is 43.6 Å². The standard InChI is InChI=1S/C8H6BrClN4/c1-5-2-12-14(4-5)8-11-3-6(9)7(10)13-8/h2-4H,1H3. The lowest BCUT2D eigenvalue weighted by Crippen LogP contribution is -2.01. The van der Waals surface area contributed by atoms with Crippen LogP contribution in [-0.2, 0) is 0 Å². The second kappa shape index (κ2) is 3.67. The normalized spacial score (nSPS) is 10.5. The Morgan fingerprint density at radius 3 is 2.79 bits per heavy atom. The summed E-state index contributed by atoms with van der Waals surface area (Å²) in [5.41, 5.74) is 1.05. The Hall–Kier alpha value is -0.940. The molecule has 0 radical (unpaired) electrons. The fourth-order valence-electron chi connectivity index (χ4n) is 0.970. The molecular formula is C8H6BrClN4. The minimum absolute atomic E-state index is 0.378. The Morgan fingerprint density at radius 2 is 2.21 bits per heavy atom. The van der Waals surface area contributed by atoms with E-state index in [2.05, 4.69) is 31.0 Å². The zero-order chi connectivity index (χ0) is 10.1. The molecule has 4 nitrogen and oxygen atoms in total. The molecule has 0 aliphatic carbocycles. The second-order valence-electron chi connectivity index (χ2n) is 2.77. The van der Waals surface area contributed by atoms with E-state index in [1.54, 1.807) is 17.1 Å². The lowest BCUT2D eigenvalue weighted by molar-refractivity contribution is 0.806. The molecule has 0 bridgehead atoms. The van der Waals surface area contributed by atoms with Gasteiger partial charge in [0.1, 0.15) is 5.15 Å². The minimum Gasteiger partial charge on any atom is -0.218 e. The predicted octanol–water partition coefficient (Wildman–Crippen LogP) is 2.39. The zero-order valence-electron chi connectivity index (χ0n) is 7.28. The summed E-state index contributed by atoms with van der Waals surface area (Å²) in [6.07, 6.45) is 5.17. The van der Waals surface area contributed by atoms with Gasteiger partial charge >= 0.3 is 0 Å². The molecule has 0 fully saturated rings. The molecule has 0 spiro atoms. The van der Waals surface area contributed by atoms with Crippen molar-refractivity contribution in [3.05, 3.63) is 33.8 Å². The van der Waals surface area contributed by atoms with E-state index < -0.39 is 0 Å². The van der Waals surface area contributed by atoms with Crippen molar-refractivity contribution in [2.24, 2.45) is 0 Å². The molecule has 2 heterocycles. The van der Waals surface area contributed by atoms with Crippen LogP contribution in [0, 0.1) is 6.92 Å². The molecular weight excluding hydrogens is 267 g/mol. The van der Waals surface area contributed by atoms with Crippen molar-refractivity contribution in [1.29, 1.82) is 0 Å². The number of rotatable bonds is 1. The largest absolute Gasteiger partial charge is 0.251 e. The third-order valence-corrected chi connectivity index (χ3v) is 2.70. The van der Waals surface area contributed by atoms with Gasteiger partial charge in [-0.3, -0.25) is 0 Å². The lowest BCUT2D eigenvalue weighted by Gasteiger charge is -1.99. The van der Waals surface area contributed by atoms with Crippen LogP contribution in [0.3, 0.4) is 0 Å². The van der Waals surface area contributed by atoms with Gasteiger partial charge in [0.2, 0.25) is 0 Å². The molecule has 72 valence electrons. The molecule has 14 heavy (non-hydrogen) atoms. The molecule has 0 atom stereocenters. The summed E-state index contributed by atoms with van der Waals surface area (Å²) in [4.78, 5) is 8.14. The zero-order valence-corrected chi connectivity index (χ0v) is 9.62. The molecule has 0 aromatic carbocycles. The summed E-state index contributed by atoms with van der Waals surface area (Å²) in [6, 6.07) is 0. The second-order valence-corrected chi connectivity index (χ2v) is 3.98. The molecule has 2 aromatic rings. The number of hydrogen-bond donors (Lipinski definition) is 0. The van der Waals surface area contributed by atoms with Crippen LogP contribution in [0.4, 0.5) is 0 Å². The van der Waals surface area contributed by atoms with Crippen LogP contribution in [0.1, 0.15) is 5.56 Å². The molecule has 0 amide bonds. The quantitative estimate of drug-likeness (QED) is 0.749. The number of nitrogens with zero attached hydrogens (tertiary/aromatic N) is 4. The summed E-state index contributed by atoms with van der Waals surface area (Å²) < 4.78 is 2.25. The van der Waals surface area contributed by atoms with Crippen molar-refractivity contribution >= 4 is 27.5 Å². The van der Waals surface area contributed by atoms with Crippen molar-refractivity contribution < 1.29 is 0 Å². The summed E-state index contributed by atoms with van der Waals surface area (Å²) in [7, 11) is 0. The third-order valence-electron chi connectivity index (χ3n) is 1.61. The van der Waals surface area contributed by atoms with Crippen molar-refractivity contribution in [2.45, 2.75) is 6.92 Å². The monoisotopic (exact) mass is 272 g/mol. The molecule has 0 aliphatic rings. The molecule has 2 rings (SSSR count). The smallest absolute Gasteiger partial charge is 0.218 e. The molecule has 6 heteroatoms. The summed E-state index contributed by atoms with van der Waals surface area (Å²) in [5, 5.41) is 4.45. The maximum atomic E-state index is 5.83. The number of aryl methyl sites for hydroxylation is 1. The molecule has 0 N–H and O–H groups in total. The van der Waals surface area contributed by atoms with E-state index in [1.807, 2.05) is 13.1 Å². The van der Waals surface area contributed by atoms with Crippen LogP contribution in [0.2, 0.25) is 5.15 Å². The van der Waals surface area contributed by atoms with Crippen molar-refractivity contribution in [2.75, 3.05) is 0 Å². The van der Waals surface area contributed by atoms with Gasteiger partial charge in [-0.25, -0.2) is 9.67 Å². The van der Waals surface area contributed by atoms with E-state index >= 15 is 0 Å². The number of aromatic nitrogens is 4. The molecule has 0 unspecified atom stereocenters. The van der Waals surface area contributed by atoms with Gasteiger partial charge in [-0.2, -0.15) is 10.1 Å². The molecule has 0 aliphatic heterocycles. The highest BCUT2D eigenvalue weighted by Gasteiger charge is 2.04. The maximum absolute atomic E-state index is 5.83. The van der Waals surface area contributed by atoms with Crippen LogP contribution in [-0.4, -0.2) is 19.7 Å². The van der Waals surface area contributed by atoms with Gasteiger partial charge in [0.25, 0.3) is 5.95 Å². The Balaban J connectivity index is 2.47. The van der Waals surface area contributed by atoms with Gasteiger partial charge in [-0.1, -0.05) is 11.6 Å². The Labute approximate surface area is 94.1 Å². The van der Waals surface area contributed by atoms with Crippen molar-refractivity contribution in [3.63, 3.8) is 0 Å². The molecule has 0 saturated heterocycles. The Bertz CT molecular complexity index is 468. The van der Waals surface area contributed by atoms with E-state index in [4.69, 9.17) is 11.6 Å². The first-order valence-corrected chi connectivity index (χ1v) is 5.03. The van der Waals surface area contributed by atoms with E-state index in [-0.39, 0.29) is 0 Å². The van der Waals surface area contributed by atoms with E-state index in [0.29, 0.717) is 15.6 Å².